The molecule has 1 heterocycles. The number of hydrogen-bond donors (Lipinski definition) is 2. The summed E-state index contributed by atoms with van der Waals surface area (Å²) < 4.78 is 26.6. The number of hydrogen-bond acceptors (Lipinski definition) is 3. The number of thiophene rings is 1. The van der Waals surface area contributed by atoms with Crippen molar-refractivity contribution in [2.24, 2.45) is 0 Å². The molecule has 2 atom stereocenters. The lowest BCUT2D eigenvalue weighted by Gasteiger charge is -2.17. The molecule has 2 rings (SSSR count). The quantitative estimate of drug-likeness (QED) is 0.857. The van der Waals surface area contributed by atoms with E-state index in [1.165, 1.54) is 4.88 Å². The van der Waals surface area contributed by atoms with Crippen LogP contribution in [0.15, 0.2) is 35.7 Å². The lowest BCUT2D eigenvalue weighted by molar-refractivity contribution is 0.165. The Labute approximate surface area is 121 Å². The highest BCUT2D eigenvalue weighted by Gasteiger charge is 2.15. The van der Waals surface area contributed by atoms with Gasteiger partial charge in [-0.2, -0.15) is 0 Å². The van der Waals surface area contributed by atoms with Crippen LogP contribution in [0.5, 0.6) is 0 Å². The molecule has 0 aliphatic carbocycles. The standard InChI is InChI=1S/C15H17F2NOS/c1-10(7-12-3-2-6-20-12)18-9-15(19)13-8-11(16)4-5-14(13)17/h2-6,8,10,15,18-19H,7,9H2,1H3. The average Bonchev–Trinajstić information content (AvgIpc) is 2.91. The molecule has 0 aliphatic heterocycles. The van der Waals surface area contributed by atoms with E-state index in [9.17, 15) is 13.9 Å². The number of rotatable bonds is 6. The van der Waals surface area contributed by atoms with E-state index in [0.29, 0.717) is 0 Å². The van der Waals surface area contributed by atoms with Crippen LogP contribution >= 0.6 is 11.3 Å². The molecule has 108 valence electrons. The molecule has 0 aliphatic rings. The molecule has 0 saturated heterocycles. The third-order valence-corrected chi connectivity index (χ3v) is 3.96. The van der Waals surface area contributed by atoms with Crippen LogP contribution in [-0.4, -0.2) is 17.7 Å². The third-order valence-electron chi connectivity index (χ3n) is 3.06. The van der Waals surface area contributed by atoms with Crippen molar-refractivity contribution in [1.82, 2.24) is 5.32 Å². The molecule has 0 saturated carbocycles. The summed E-state index contributed by atoms with van der Waals surface area (Å²) in [5.41, 5.74) is -0.0131. The first-order valence-electron chi connectivity index (χ1n) is 6.45. The van der Waals surface area contributed by atoms with Crippen molar-refractivity contribution in [1.29, 1.82) is 0 Å². The van der Waals surface area contributed by atoms with E-state index in [0.717, 1.165) is 24.6 Å². The molecule has 2 N–H and O–H groups in total. The molecule has 5 heteroatoms. The van der Waals surface area contributed by atoms with E-state index in [1.807, 2.05) is 24.4 Å². The Balaban J connectivity index is 1.88. The van der Waals surface area contributed by atoms with E-state index in [-0.39, 0.29) is 18.2 Å². The van der Waals surface area contributed by atoms with Crippen molar-refractivity contribution in [3.63, 3.8) is 0 Å². The molecule has 2 unspecified atom stereocenters. The molecule has 0 spiro atoms. The maximum Gasteiger partial charge on any atom is 0.129 e. The zero-order valence-electron chi connectivity index (χ0n) is 11.1. The maximum atomic E-state index is 13.5. The Bertz CT molecular complexity index is 545. The lowest BCUT2D eigenvalue weighted by Crippen LogP contribution is -2.32. The topological polar surface area (TPSA) is 32.3 Å². The van der Waals surface area contributed by atoms with Crippen LogP contribution < -0.4 is 5.32 Å². The van der Waals surface area contributed by atoms with Crippen molar-refractivity contribution in [2.45, 2.75) is 25.5 Å². The Morgan fingerprint density at radius 3 is 2.80 bits per heavy atom. The largest absolute Gasteiger partial charge is 0.387 e. The molecule has 2 nitrogen and oxygen atoms in total. The normalized spacial score (nSPS) is 14.2. The Kier molecular flexibility index (Phi) is 5.23. The fraction of sp³-hybridized carbons (Fsp3) is 0.333. The van der Waals surface area contributed by atoms with Crippen molar-refractivity contribution in [3.8, 4) is 0 Å². The summed E-state index contributed by atoms with van der Waals surface area (Å²) in [6.07, 6.45) is -0.216. The molecule has 20 heavy (non-hydrogen) atoms. The summed E-state index contributed by atoms with van der Waals surface area (Å²) >= 11 is 1.67. The highest BCUT2D eigenvalue weighted by atomic mass is 32.1. The molecule has 1 aromatic heterocycles. The van der Waals surface area contributed by atoms with Gasteiger partial charge in [0, 0.05) is 23.0 Å². The summed E-state index contributed by atoms with van der Waals surface area (Å²) in [4.78, 5) is 1.25. The van der Waals surface area contributed by atoms with Gasteiger partial charge in [0.2, 0.25) is 0 Å². The highest BCUT2D eigenvalue weighted by Crippen LogP contribution is 2.18. The molecule has 0 fully saturated rings. The average molecular weight is 297 g/mol. The lowest BCUT2D eigenvalue weighted by atomic mass is 10.1. The van der Waals surface area contributed by atoms with Crippen LogP contribution in [-0.2, 0) is 6.42 Å². The highest BCUT2D eigenvalue weighted by molar-refractivity contribution is 7.09. The van der Waals surface area contributed by atoms with Crippen molar-refractivity contribution < 1.29 is 13.9 Å². The third kappa shape index (κ3) is 4.10. The van der Waals surface area contributed by atoms with Gasteiger partial charge in [-0.3, -0.25) is 0 Å². The van der Waals surface area contributed by atoms with Gasteiger partial charge < -0.3 is 10.4 Å². The smallest absolute Gasteiger partial charge is 0.129 e. The first-order chi connectivity index (χ1) is 9.56. The van der Waals surface area contributed by atoms with Crippen LogP contribution in [0.4, 0.5) is 8.78 Å². The summed E-state index contributed by atoms with van der Waals surface area (Å²) in [5.74, 6) is -1.14. The molecular formula is C15H17F2NOS. The van der Waals surface area contributed by atoms with Crippen molar-refractivity contribution in [3.05, 3.63) is 57.8 Å². The minimum atomic E-state index is -1.06. The zero-order valence-corrected chi connectivity index (χ0v) is 12.0. The van der Waals surface area contributed by atoms with Gasteiger partial charge in [-0.25, -0.2) is 8.78 Å². The maximum absolute atomic E-state index is 13.5. The molecule has 2 aromatic rings. The summed E-state index contributed by atoms with van der Waals surface area (Å²) in [6, 6.07) is 7.29. The van der Waals surface area contributed by atoms with Gasteiger partial charge in [0.25, 0.3) is 0 Å². The number of nitrogens with one attached hydrogen (secondary N) is 1. The van der Waals surface area contributed by atoms with E-state index < -0.39 is 17.7 Å². The van der Waals surface area contributed by atoms with E-state index in [1.54, 1.807) is 11.3 Å². The molecule has 0 bridgehead atoms. The van der Waals surface area contributed by atoms with Crippen LogP contribution in [0, 0.1) is 11.6 Å². The molecule has 0 amide bonds. The zero-order chi connectivity index (χ0) is 14.5. The van der Waals surface area contributed by atoms with Crippen LogP contribution in [0.1, 0.15) is 23.5 Å². The van der Waals surface area contributed by atoms with Gasteiger partial charge in [0.05, 0.1) is 6.10 Å². The second kappa shape index (κ2) is 6.92. The van der Waals surface area contributed by atoms with Crippen molar-refractivity contribution in [2.75, 3.05) is 6.54 Å². The molecule has 0 radical (unpaired) electrons. The van der Waals surface area contributed by atoms with Gasteiger partial charge >= 0.3 is 0 Å². The van der Waals surface area contributed by atoms with E-state index in [4.69, 9.17) is 0 Å². The van der Waals surface area contributed by atoms with E-state index in [2.05, 4.69) is 5.32 Å². The molecular weight excluding hydrogens is 280 g/mol. The molecule has 1 aromatic carbocycles. The minimum absolute atomic E-state index is 0.0131. The van der Waals surface area contributed by atoms with Crippen LogP contribution in [0.3, 0.4) is 0 Å². The number of benzene rings is 1. The van der Waals surface area contributed by atoms with Crippen LogP contribution in [0.2, 0.25) is 0 Å². The Morgan fingerprint density at radius 1 is 1.30 bits per heavy atom. The number of aliphatic hydroxyl groups is 1. The van der Waals surface area contributed by atoms with E-state index >= 15 is 0 Å². The van der Waals surface area contributed by atoms with Gasteiger partial charge in [-0.1, -0.05) is 6.07 Å². The Morgan fingerprint density at radius 2 is 2.10 bits per heavy atom. The second-order valence-corrected chi connectivity index (χ2v) is 5.81. The fourth-order valence-electron chi connectivity index (χ4n) is 2.00. The number of halogens is 2. The predicted molar refractivity (Wildman–Crippen MR) is 76.8 cm³/mol. The van der Waals surface area contributed by atoms with Gasteiger partial charge in [0.1, 0.15) is 11.6 Å². The summed E-state index contributed by atoms with van der Waals surface area (Å²) in [5, 5.41) is 15.1. The van der Waals surface area contributed by atoms with Gasteiger partial charge in [0.15, 0.2) is 0 Å². The predicted octanol–water partition coefficient (Wildman–Crippen LogP) is 3.28. The SMILES string of the molecule is CC(Cc1cccs1)NCC(O)c1cc(F)ccc1F. The monoisotopic (exact) mass is 297 g/mol. The first-order valence-corrected chi connectivity index (χ1v) is 7.33. The van der Waals surface area contributed by atoms with Gasteiger partial charge in [-0.05, 0) is 43.0 Å². The Hall–Kier alpha value is -1.30. The number of aliphatic hydroxyl groups excluding tert-OH is 1. The summed E-state index contributed by atoms with van der Waals surface area (Å²) in [7, 11) is 0. The fourth-order valence-corrected chi connectivity index (χ4v) is 2.83. The van der Waals surface area contributed by atoms with Gasteiger partial charge in [-0.15, -0.1) is 11.3 Å². The van der Waals surface area contributed by atoms with Crippen molar-refractivity contribution >= 4 is 11.3 Å². The summed E-state index contributed by atoms with van der Waals surface area (Å²) in [6.45, 7) is 2.18. The first kappa shape index (κ1) is 15.1. The second-order valence-electron chi connectivity index (χ2n) is 4.77. The minimum Gasteiger partial charge on any atom is -0.387 e. The van der Waals surface area contributed by atoms with Crippen LogP contribution in [0.25, 0.3) is 0 Å².